The summed E-state index contributed by atoms with van der Waals surface area (Å²) in [5.74, 6) is 0.347. The number of aliphatic hydroxyl groups excluding tert-OH is 1. The van der Waals surface area contributed by atoms with Gasteiger partial charge in [0.2, 0.25) is 0 Å². The lowest BCUT2D eigenvalue weighted by molar-refractivity contribution is -0.139. The number of carbonyl (C=O) groups excluding carboxylic acids is 1. The minimum Gasteiger partial charge on any atom is -0.458 e. The molecule has 2 rings (SSSR count). The second-order valence-corrected chi connectivity index (χ2v) is 5.61. The summed E-state index contributed by atoms with van der Waals surface area (Å²) >= 11 is 0. The molecule has 100 valence electrons. The Bertz CT molecular complexity index is 381. The number of fused-ring (bicyclic) bond motifs is 1. The van der Waals surface area contributed by atoms with Gasteiger partial charge in [0.05, 0.1) is 6.10 Å². The molecule has 1 aliphatic carbocycles. The lowest BCUT2D eigenvalue weighted by Crippen LogP contribution is -2.17. The van der Waals surface area contributed by atoms with Crippen LogP contribution in [0, 0.1) is 11.8 Å². The van der Waals surface area contributed by atoms with Gasteiger partial charge in [0.15, 0.2) is 0 Å². The Morgan fingerprint density at radius 3 is 3.00 bits per heavy atom. The van der Waals surface area contributed by atoms with Crippen LogP contribution in [0.5, 0.6) is 0 Å². The van der Waals surface area contributed by atoms with E-state index in [4.69, 9.17) is 4.74 Å². The van der Waals surface area contributed by atoms with Gasteiger partial charge in [0.25, 0.3) is 0 Å². The molecule has 0 saturated carbocycles. The van der Waals surface area contributed by atoms with Gasteiger partial charge in [-0.05, 0) is 38.5 Å². The zero-order chi connectivity index (χ0) is 13.3. The predicted octanol–water partition coefficient (Wildman–Crippen LogP) is 2.60. The van der Waals surface area contributed by atoms with E-state index in [0.29, 0.717) is 11.5 Å². The summed E-state index contributed by atoms with van der Waals surface area (Å²) in [5.41, 5.74) is 2.01. The fourth-order valence-corrected chi connectivity index (χ4v) is 2.88. The molecule has 1 aliphatic heterocycles. The maximum Gasteiger partial charge on any atom is 0.334 e. The molecule has 1 fully saturated rings. The van der Waals surface area contributed by atoms with Crippen LogP contribution < -0.4 is 0 Å². The van der Waals surface area contributed by atoms with Gasteiger partial charge < -0.3 is 9.84 Å². The van der Waals surface area contributed by atoms with E-state index in [1.54, 1.807) is 0 Å². The van der Waals surface area contributed by atoms with Crippen molar-refractivity contribution in [1.29, 1.82) is 0 Å². The van der Waals surface area contributed by atoms with Crippen LogP contribution in [0.15, 0.2) is 23.8 Å². The number of allylic oxidation sites excluding steroid dienone is 2. The third kappa shape index (κ3) is 2.66. The number of rotatable bonds is 3. The summed E-state index contributed by atoms with van der Waals surface area (Å²) in [7, 11) is 0. The first-order chi connectivity index (χ1) is 8.49. The summed E-state index contributed by atoms with van der Waals surface area (Å²) < 4.78 is 5.38. The molecule has 18 heavy (non-hydrogen) atoms. The highest BCUT2D eigenvalue weighted by Crippen LogP contribution is 2.39. The average molecular weight is 250 g/mol. The maximum absolute atomic E-state index is 11.5. The van der Waals surface area contributed by atoms with Crippen molar-refractivity contribution in [2.24, 2.45) is 11.8 Å². The van der Waals surface area contributed by atoms with Gasteiger partial charge in [0.1, 0.15) is 6.10 Å². The summed E-state index contributed by atoms with van der Waals surface area (Å²) in [6.45, 7) is 7.83. The molecule has 4 atom stereocenters. The van der Waals surface area contributed by atoms with Crippen LogP contribution in [0.4, 0.5) is 0 Å². The average Bonchev–Trinajstić information content (AvgIpc) is 2.46. The van der Waals surface area contributed by atoms with Gasteiger partial charge in [-0.15, -0.1) is 0 Å². The smallest absolute Gasteiger partial charge is 0.334 e. The van der Waals surface area contributed by atoms with E-state index in [9.17, 15) is 9.90 Å². The minimum atomic E-state index is -0.256. The van der Waals surface area contributed by atoms with Crippen molar-refractivity contribution in [2.75, 3.05) is 0 Å². The first kappa shape index (κ1) is 13.3. The molecule has 2 aliphatic rings. The van der Waals surface area contributed by atoms with Crippen LogP contribution in [0.2, 0.25) is 0 Å². The highest BCUT2D eigenvalue weighted by Gasteiger charge is 2.40. The summed E-state index contributed by atoms with van der Waals surface area (Å²) in [4.78, 5) is 11.5. The monoisotopic (exact) mass is 250 g/mol. The standard InChI is InChI=1S/C15H22O3/c1-9-8-14-13(11(3)15(17)18-14)7-6-12(9)5-4-10(2)16/h6,9-10,13-14,16H,3-5,7-8H2,1-2H3/t9-,10-,13+,14-/m0/s1. The summed E-state index contributed by atoms with van der Waals surface area (Å²) in [6.07, 6.45) is 5.42. The lowest BCUT2D eigenvalue weighted by atomic mass is 9.90. The van der Waals surface area contributed by atoms with Gasteiger partial charge in [0, 0.05) is 11.5 Å². The second-order valence-electron chi connectivity index (χ2n) is 5.61. The largest absolute Gasteiger partial charge is 0.458 e. The van der Waals surface area contributed by atoms with Crippen LogP contribution in [0.3, 0.4) is 0 Å². The molecule has 0 radical (unpaired) electrons. The van der Waals surface area contributed by atoms with E-state index >= 15 is 0 Å². The van der Waals surface area contributed by atoms with Crippen LogP contribution >= 0.6 is 0 Å². The van der Waals surface area contributed by atoms with E-state index < -0.39 is 0 Å². The van der Waals surface area contributed by atoms with Gasteiger partial charge in [-0.2, -0.15) is 0 Å². The molecule has 0 unspecified atom stereocenters. The molecule has 3 heteroatoms. The van der Waals surface area contributed by atoms with Crippen molar-refractivity contribution >= 4 is 5.97 Å². The van der Waals surface area contributed by atoms with Crippen molar-refractivity contribution < 1.29 is 14.6 Å². The quantitative estimate of drug-likeness (QED) is 0.476. The Labute approximate surface area is 109 Å². The van der Waals surface area contributed by atoms with E-state index in [0.717, 1.165) is 25.7 Å². The molecular formula is C15H22O3. The van der Waals surface area contributed by atoms with E-state index in [2.05, 4.69) is 19.6 Å². The third-order valence-electron chi connectivity index (χ3n) is 4.12. The number of ether oxygens (including phenoxy) is 1. The molecule has 0 spiro atoms. The van der Waals surface area contributed by atoms with Crippen molar-refractivity contribution in [3.63, 3.8) is 0 Å². The zero-order valence-electron chi connectivity index (χ0n) is 11.2. The van der Waals surface area contributed by atoms with Crippen LogP contribution in [-0.4, -0.2) is 23.3 Å². The number of aliphatic hydroxyl groups is 1. The van der Waals surface area contributed by atoms with Gasteiger partial charge in [-0.3, -0.25) is 0 Å². The van der Waals surface area contributed by atoms with Crippen molar-refractivity contribution in [3.05, 3.63) is 23.8 Å². The van der Waals surface area contributed by atoms with Gasteiger partial charge in [-0.25, -0.2) is 4.79 Å². The maximum atomic E-state index is 11.5. The van der Waals surface area contributed by atoms with Crippen LogP contribution in [-0.2, 0) is 9.53 Å². The number of carbonyl (C=O) groups is 1. The topological polar surface area (TPSA) is 46.5 Å². The summed E-state index contributed by atoms with van der Waals surface area (Å²) in [5, 5.41) is 9.37. The molecule has 0 bridgehead atoms. The Hall–Kier alpha value is -1.09. The Balaban J connectivity index is 2.06. The number of esters is 1. The minimum absolute atomic E-state index is 0.000278. The SMILES string of the molecule is C=C1C(=O)O[C@H]2C[C@H](C)C(CC[C@H](C)O)=CC[C@H]12. The normalized spacial score (nSPS) is 33.5. The highest BCUT2D eigenvalue weighted by atomic mass is 16.6. The third-order valence-corrected chi connectivity index (χ3v) is 4.12. The molecule has 1 heterocycles. The fraction of sp³-hybridized carbons (Fsp3) is 0.667. The molecule has 1 N–H and O–H groups in total. The van der Waals surface area contributed by atoms with E-state index in [1.165, 1.54) is 5.57 Å². The second kappa shape index (κ2) is 5.27. The molecule has 0 aromatic rings. The number of hydrogen-bond acceptors (Lipinski definition) is 3. The van der Waals surface area contributed by atoms with Crippen molar-refractivity contribution in [2.45, 2.75) is 51.7 Å². The first-order valence-corrected chi connectivity index (χ1v) is 6.75. The molecule has 1 saturated heterocycles. The van der Waals surface area contributed by atoms with E-state index in [-0.39, 0.29) is 24.1 Å². The van der Waals surface area contributed by atoms with Crippen LogP contribution in [0.1, 0.15) is 39.5 Å². The van der Waals surface area contributed by atoms with Crippen LogP contribution in [0.25, 0.3) is 0 Å². The summed E-state index contributed by atoms with van der Waals surface area (Å²) in [6, 6.07) is 0. The van der Waals surface area contributed by atoms with Gasteiger partial charge in [-0.1, -0.05) is 25.2 Å². The van der Waals surface area contributed by atoms with Crippen molar-refractivity contribution in [1.82, 2.24) is 0 Å². The molecular weight excluding hydrogens is 228 g/mol. The van der Waals surface area contributed by atoms with E-state index in [1.807, 2.05) is 6.92 Å². The Kier molecular flexibility index (Phi) is 3.91. The fourth-order valence-electron chi connectivity index (χ4n) is 2.88. The molecule has 0 aromatic heterocycles. The highest BCUT2D eigenvalue weighted by molar-refractivity contribution is 5.90. The predicted molar refractivity (Wildman–Crippen MR) is 69.9 cm³/mol. The lowest BCUT2D eigenvalue weighted by Gasteiger charge is -2.18. The molecule has 0 aromatic carbocycles. The van der Waals surface area contributed by atoms with Gasteiger partial charge >= 0.3 is 5.97 Å². The molecule has 0 amide bonds. The number of hydrogen-bond donors (Lipinski definition) is 1. The van der Waals surface area contributed by atoms with Crippen molar-refractivity contribution in [3.8, 4) is 0 Å². The first-order valence-electron chi connectivity index (χ1n) is 6.75. The Morgan fingerprint density at radius 1 is 1.61 bits per heavy atom. The molecule has 3 nitrogen and oxygen atoms in total. The zero-order valence-corrected chi connectivity index (χ0v) is 11.2. The Morgan fingerprint density at radius 2 is 2.33 bits per heavy atom.